The third kappa shape index (κ3) is 5.98. The van der Waals surface area contributed by atoms with Crippen LogP contribution >= 0.6 is 31.9 Å². The normalized spacial score (nSPS) is 14.0. The monoisotopic (exact) mass is 575 g/mol. The van der Waals surface area contributed by atoms with E-state index in [-0.39, 0.29) is 11.7 Å². The number of hydrogen-bond donors (Lipinski definition) is 3. The maximum Gasteiger partial charge on any atom is 0.250 e. The van der Waals surface area contributed by atoms with Crippen LogP contribution in [0.2, 0.25) is 0 Å². The lowest BCUT2D eigenvalue weighted by Crippen LogP contribution is -2.37. The number of nitrogens with zero attached hydrogens (tertiary/aromatic N) is 5. The number of halogens is 2. The maximum absolute atomic E-state index is 10.2. The number of aromatic nitrogens is 3. The van der Waals surface area contributed by atoms with E-state index < -0.39 is 0 Å². The topological polar surface area (TPSA) is 108 Å². The summed E-state index contributed by atoms with van der Waals surface area (Å²) in [5, 5.41) is 17.8. The quantitative estimate of drug-likeness (QED) is 0.285. The first-order valence-corrected chi connectivity index (χ1v) is 11.9. The number of phenolic OH excluding ortho intramolecular Hbond substituents is 1. The van der Waals surface area contributed by atoms with Gasteiger partial charge in [-0.25, -0.2) is 5.43 Å². The number of ether oxygens (including phenoxy) is 1. The van der Waals surface area contributed by atoms with Crippen LogP contribution in [0.3, 0.4) is 0 Å². The molecule has 0 bridgehead atoms. The molecule has 1 aliphatic rings. The Kier molecular flexibility index (Phi) is 7.41. The van der Waals surface area contributed by atoms with Crippen molar-refractivity contribution < 1.29 is 9.84 Å². The van der Waals surface area contributed by atoms with Gasteiger partial charge in [0.1, 0.15) is 5.75 Å². The maximum atomic E-state index is 10.2. The molecule has 3 aromatic rings. The van der Waals surface area contributed by atoms with Gasteiger partial charge in [-0.15, -0.1) is 0 Å². The molecule has 1 aromatic heterocycles. The molecular formula is C22H23Br2N7O2. The average Bonchev–Trinajstić information content (AvgIpc) is 2.80. The Morgan fingerprint density at radius 1 is 1.06 bits per heavy atom. The van der Waals surface area contributed by atoms with Crippen LogP contribution in [0.1, 0.15) is 16.7 Å². The van der Waals surface area contributed by atoms with Crippen LogP contribution < -0.4 is 15.6 Å². The molecule has 0 unspecified atom stereocenters. The summed E-state index contributed by atoms with van der Waals surface area (Å²) in [5.41, 5.74) is 6.52. The lowest BCUT2D eigenvalue weighted by atomic mass is 10.1. The van der Waals surface area contributed by atoms with Crippen molar-refractivity contribution in [3.8, 4) is 5.75 Å². The highest BCUT2D eigenvalue weighted by molar-refractivity contribution is 9.11. The summed E-state index contributed by atoms with van der Waals surface area (Å²) in [6.07, 6.45) is 1.50. The first kappa shape index (κ1) is 23.4. The number of phenols is 1. The summed E-state index contributed by atoms with van der Waals surface area (Å²) < 4.78 is 6.82. The number of aryl methyl sites for hydroxylation is 2. The minimum absolute atomic E-state index is 0.0886. The van der Waals surface area contributed by atoms with Gasteiger partial charge in [0.25, 0.3) is 0 Å². The van der Waals surface area contributed by atoms with Gasteiger partial charge in [-0.3, -0.25) is 0 Å². The Hall–Kier alpha value is -2.76. The van der Waals surface area contributed by atoms with E-state index in [9.17, 15) is 5.11 Å². The summed E-state index contributed by atoms with van der Waals surface area (Å²) in [6.45, 7) is 6.67. The number of rotatable bonds is 6. The van der Waals surface area contributed by atoms with Crippen molar-refractivity contribution >= 4 is 61.6 Å². The molecule has 0 saturated carbocycles. The molecule has 11 heteroatoms. The molecule has 0 aliphatic carbocycles. The van der Waals surface area contributed by atoms with E-state index in [0.29, 0.717) is 48.2 Å². The van der Waals surface area contributed by atoms with Crippen LogP contribution in [0, 0.1) is 13.8 Å². The van der Waals surface area contributed by atoms with Gasteiger partial charge in [-0.05, 0) is 59.1 Å². The van der Waals surface area contributed by atoms with E-state index in [1.165, 1.54) is 6.21 Å². The third-order valence-corrected chi connectivity index (χ3v) is 6.05. The smallest absolute Gasteiger partial charge is 0.250 e. The van der Waals surface area contributed by atoms with E-state index in [1.54, 1.807) is 12.1 Å². The lowest BCUT2D eigenvalue weighted by molar-refractivity contribution is 0.122. The van der Waals surface area contributed by atoms with E-state index >= 15 is 0 Å². The largest absolute Gasteiger partial charge is 0.506 e. The molecule has 1 aliphatic heterocycles. The molecule has 1 fully saturated rings. The summed E-state index contributed by atoms with van der Waals surface area (Å²) in [5.74, 6) is 1.31. The molecular weight excluding hydrogens is 554 g/mol. The second kappa shape index (κ2) is 10.4. The van der Waals surface area contributed by atoms with Crippen LogP contribution in [0.15, 0.2) is 44.4 Å². The zero-order valence-electron chi connectivity index (χ0n) is 18.1. The molecule has 3 N–H and O–H groups in total. The van der Waals surface area contributed by atoms with E-state index in [0.717, 1.165) is 21.3 Å². The van der Waals surface area contributed by atoms with Gasteiger partial charge in [-0.2, -0.15) is 20.1 Å². The molecule has 2 aromatic carbocycles. The van der Waals surface area contributed by atoms with Gasteiger partial charge in [0.2, 0.25) is 17.8 Å². The minimum atomic E-state index is 0.0886. The third-order valence-electron chi connectivity index (χ3n) is 4.98. The van der Waals surface area contributed by atoms with E-state index in [4.69, 9.17) is 4.74 Å². The lowest BCUT2D eigenvalue weighted by Gasteiger charge is -2.27. The number of hydrazone groups is 1. The van der Waals surface area contributed by atoms with Gasteiger partial charge < -0.3 is 20.1 Å². The number of hydrogen-bond acceptors (Lipinski definition) is 9. The summed E-state index contributed by atoms with van der Waals surface area (Å²) in [6, 6.07) is 9.67. The minimum Gasteiger partial charge on any atom is -0.506 e. The number of anilines is 4. The van der Waals surface area contributed by atoms with Gasteiger partial charge >= 0.3 is 0 Å². The summed E-state index contributed by atoms with van der Waals surface area (Å²) in [7, 11) is 0. The second-order valence-electron chi connectivity index (χ2n) is 7.52. The Balaban J connectivity index is 1.62. The zero-order valence-corrected chi connectivity index (χ0v) is 21.3. The molecule has 0 radical (unpaired) electrons. The van der Waals surface area contributed by atoms with Gasteiger partial charge in [0.05, 0.1) is 23.9 Å². The Morgan fingerprint density at radius 2 is 1.82 bits per heavy atom. The predicted octanol–water partition coefficient (Wildman–Crippen LogP) is 4.75. The highest BCUT2D eigenvalue weighted by Gasteiger charge is 2.17. The molecule has 33 heavy (non-hydrogen) atoms. The van der Waals surface area contributed by atoms with Crippen molar-refractivity contribution in [2.45, 2.75) is 13.8 Å². The Labute approximate surface area is 208 Å². The standard InChI is InChI=1S/C22H23Br2N7O2/c1-13-3-4-14(2)18(9-13)26-20-27-21(29-22(28-20)31-5-7-33-8-6-31)30-25-12-15-10-16(23)11-17(24)19(15)32/h3-4,9-12,32H,5-8H2,1-2H3,(H2,26,27,28,29,30)/b25-12+. The Morgan fingerprint density at radius 3 is 2.61 bits per heavy atom. The number of morpholine rings is 1. The molecule has 0 atom stereocenters. The SMILES string of the molecule is Cc1ccc(C)c(Nc2nc(N/N=C/c3cc(Br)cc(Br)c3O)nc(N3CCOCC3)n2)c1. The second-order valence-corrected chi connectivity index (χ2v) is 9.29. The van der Waals surface area contributed by atoms with Crippen molar-refractivity contribution in [1.82, 2.24) is 15.0 Å². The van der Waals surface area contributed by atoms with Crippen LogP contribution in [-0.2, 0) is 4.74 Å². The molecule has 2 heterocycles. The Bertz CT molecular complexity index is 1180. The first-order valence-electron chi connectivity index (χ1n) is 10.3. The van der Waals surface area contributed by atoms with Crippen molar-refractivity contribution in [3.63, 3.8) is 0 Å². The fraction of sp³-hybridized carbons (Fsp3) is 0.273. The van der Waals surface area contributed by atoms with Crippen LogP contribution in [0.5, 0.6) is 5.75 Å². The molecule has 172 valence electrons. The fourth-order valence-corrected chi connectivity index (χ4v) is 4.47. The highest BCUT2D eigenvalue weighted by Crippen LogP contribution is 2.30. The van der Waals surface area contributed by atoms with E-state index in [2.05, 4.69) is 68.7 Å². The van der Waals surface area contributed by atoms with Crippen LogP contribution in [-0.4, -0.2) is 52.6 Å². The first-order chi connectivity index (χ1) is 15.9. The molecule has 1 saturated heterocycles. The number of nitrogens with one attached hydrogen (secondary N) is 2. The fourth-order valence-electron chi connectivity index (χ4n) is 3.21. The van der Waals surface area contributed by atoms with Crippen molar-refractivity contribution in [2.75, 3.05) is 41.9 Å². The number of aromatic hydroxyl groups is 1. The summed E-state index contributed by atoms with van der Waals surface area (Å²) >= 11 is 6.73. The van der Waals surface area contributed by atoms with Gasteiger partial charge in [-0.1, -0.05) is 28.1 Å². The van der Waals surface area contributed by atoms with E-state index in [1.807, 2.05) is 30.9 Å². The average molecular weight is 577 g/mol. The van der Waals surface area contributed by atoms with Gasteiger partial charge in [0.15, 0.2) is 0 Å². The molecule has 4 rings (SSSR count). The van der Waals surface area contributed by atoms with Crippen molar-refractivity contribution in [2.24, 2.45) is 5.10 Å². The van der Waals surface area contributed by atoms with Crippen LogP contribution in [0.4, 0.5) is 23.5 Å². The molecule has 0 spiro atoms. The van der Waals surface area contributed by atoms with Gasteiger partial charge in [0, 0.05) is 28.8 Å². The van der Waals surface area contributed by atoms with Crippen LogP contribution in [0.25, 0.3) is 0 Å². The van der Waals surface area contributed by atoms with Crippen molar-refractivity contribution in [3.05, 3.63) is 56.0 Å². The molecule has 0 amide bonds. The van der Waals surface area contributed by atoms with Crippen molar-refractivity contribution in [1.29, 1.82) is 0 Å². The highest BCUT2D eigenvalue weighted by atomic mass is 79.9. The zero-order chi connectivity index (χ0) is 23.4. The predicted molar refractivity (Wildman–Crippen MR) is 137 cm³/mol. The number of benzene rings is 2. The summed E-state index contributed by atoms with van der Waals surface area (Å²) in [4.78, 5) is 15.7. The molecule has 9 nitrogen and oxygen atoms in total.